The SMILES string of the molecule is [Cl-].[Cl-].[NH3+][C@H]1C[NH2+]C[C@@H]1O. The Morgan fingerprint density at radius 3 is 2.00 bits per heavy atom. The van der Waals surface area contributed by atoms with Crippen LogP contribution < -0.4 is 35.9 Å². The molecule has 1 aliphatic heterocycles. The highest BCUT2D eigenvalue weighted by Crippen LogP contribution is 1.83. The first-order valence-electron chi connectivity index (χ1n) is 2.63. The van der Waals surface area contributed by atoms with Crippen molar-refractivity contribution in [2.45, 2.75) is 12.1 Å². The summed E-state index contributed by atoms with van der Waals surface area (Å²) in [4.78, 5) is 0. The third-order valence-corrected chi connectivity index (χ3v) is 1.42. The van der Waals surface area contributed by atoms with Gasteiger partial charge < -0.3 is 41.0 Å². The van der Waals surface area contributed by atoms with E-state index in [2.05, 4.69) is 11.1 Å². The van der Waals surface area contributed by atoms with Crippen LogP contribution in [0.15, 0.2) is 0 Å². The van der Waals surface area contributed by atoms with Gasteiger partial charge in [-0.25, -0.2) is 0 Å². The highest BCUT2D eigenvalue weighted by molar-refractivity contribution is 4.65. The van der Waals surface area contributed by atoms with Crippen molar-refractivity contribution in [1.29, 1.82) is 0 Å². The molecule has 1 heterocycles. The second-order valence-electron chi connectivity index (χ2n) is 2.09. The largest absolute Gasteiger partial charge is 1.00 e. The summed E-state index contributed by atoms with van der Waals surface area (Å²) < 4.78 is 0. The van der Waals surface area contributed by atoms with E-state index in [1.54, 1.807) is 0 Å². The molecule has 0 saturated carbocycles. The van der Waals surface area contributed by atoms with Crippen molar-refractivity contribution in [3.63, 3.8) is 0 Å². The Morgan fingerprint density at radius 1 is 1.33 bits per heavy atom. The summed E-state index contributed by atoms with van der Waals surface area (Å²) in [6.45, 7) is 1.83. The molecule has 0 unspecified atom stereocenters. The first-order valence-corrected chi connectivity index (χ1v) is 2.63. The maximum atomic E-state index is 8.90. The molecule has 0 amide bonds. The Kier molecular flexibility index (Phi) is 7.11. The van der Waals surface area contributed by atoms with Crippen molar-refractivity contribution in [1.82, 2.24) is 0 Å². The van der Waals surface area contributed by atoms with Crippen LogP contribution in [-0.4, -0.2) is 30.3 Å². The summed E-state index contributed by atoms with van der Waals surface area (Å²) in [7, 11) is 0. The molecule has 0 aromatic heterocycles. The fourth-order valence-electron chi connectivity index (χ4n) is 0.831. The zero-order chi connectivity index (χ0) is 5.28. The maximum absolute atomic E-state index is 8.90. The van der Waals surface area contributed by atoms with Gasteiger partial charge in [0.25, 0.3) is 0 Å². The van der Waals surface area contributed by atoms with E-state index >= 15 is 0 Å². The molecule has 0 aliphatic carbocycles. The van der Waals surface area contributed by atoms with Gasteiger partial charge in [-0.2, -0.15) is 0 Å². The average Bonchev–Trinajstić information content (AvgIpc) is 1.91. The molecule has 0 bridgehead atoms. The number of hydrogen-bond acceptors (Lipinski definition) is 1. The van der Waals surface area contributed by atoms with Gasteiger partial charge in [-0.05, 0) is 0 Å². The lowest BCUT2D eigenvalue weighted by Crippen LogP contribution is -3.00. The second-order valence-corrected chi connectivity index (χ2v) is 2.09. The van der Waals surface area contributed by atoms with E-state index in [1.807, 2.05) is 0 Å². The third kappa shape index (κ3) is 3.23. The Hall–Kier alpha value is 0.460. The van der Waals surface area contributed by atoms with Gasteiger partial charge in [0.05, 0.1) is 0 Å². The molecular weight excluding hydrogens is 163 g/mol. The molecule has 0 spiro atoms. The lowest BCUT2D eigenvalue weighted by Gasteiger charge is -1.95. The molecule has 2 atom stereocenters. The first-order chi connectivity index (χ1) is 3.30. The van der Waals surface area contributed by atoms with E-state index in [1.165, 1.54) is 0 Å². The van der Waals surface area contributed by atoms with Gasteiger partial charge in [0.15, 0.2) is 12.1 Å². The van der Waals surface area contributed by atoms with E-state index in [4.69, 9.17) is 5.11 Å². The molecule has 1 fully saturated rings. The van der Waals surface area contributed by atoms with E-state index in [-0.39, 0.29) is 37.0 Å². The van der Waals surface area contributed by atoms with Gasteiger partial charge in [-0.3, -0.25) is 0 Å². The van der Waals surface area contributed by atoms with Crippen molar-refractivity contribution in [3.8, 4) is 0 Å². The summed E-state index contributed by atoms with van der Waals surface area (Å²) in [6, 6.07) is 0.264. The number of hydrogen-bond donors (Lipinski definition) is 3. The minimum atomic E-state index is -0.153. The van der Waals surface area contributed by atoms with E-state index in [0.29, 0.717) is 0 Å². The predicted molar refractivity (Wildman–Crippen MR) is 24.3 cm³/mol. The smallest absolute Gasteiger partial charge is 0.166 e. The van der Waals surface area contributed by atoms with E-state index < -0.39 is 0 Å². The summed E-state index contributed by atoms with van der Waals surface area (Å²) in [5, 5.41) is 11.0. The number of nitrogens with two attached hydrogens (primary N) is 1. The molecule has 1 aliphatic rings. The summed E-state index contributed by atoms with van der Waals surface area (Å²) in [6.07, 6.45) is -0.153. The summed E-state index contributed by atoms with van der Waals surface area (Å²) in [5.41, 5.74) is 3.74. The Bertz CT molecular complexity index is 65.6. The van der Waals surface area contributed by atoms with Crippen molar-refractivity contribution >= 4 is 0 Å². The normalized spacial score (nSPS) is 32.7. The van der Waals surface area contributed by atoms with Crippen LogP contribution in [0.3, 0.4) is 0 Å². The molecule has 9 heavy (non-hydrogen) atoms. The van der Waals surface area contributed by atoms with Gasteiger partial charge in [0.2, 0.25) is 0 Å². The molecule has 5 heteroatoms. The topological polar surface area (TPSA) is 64.5 Å². The zero-order valence-corrected chi connectivity index (χ0v) is 6.57. The van der Waals surface area contributed by atoms with Gasteiger partial charge in [-0.1, -0.05) is 0 Å². The standard InChI is InChI=1S/C4H10N2O.2ClH/c5-3-1-6-2-4(3)7;;/h3-4,6-7H,1-2,5H2;2*1H/t3-,4-;;/m0../s1. The second kappa shape index (κ2) is 5.26. The van der Waals surface area contributed by atoms with Gasteiger partial charge in [-0.15, -0.1) is 0 Å². The summed E-state index contributed by atoms with van der Waals surface area (Å²) >= 11 is 0. The lowest BCUT2D eigenvalue weighted by molar-refractivity contribution is -0.649. The van der Waals surface area contributed by atoms with Crippen LogP contribution in [0.5, 0.6) is 0 Å². The van der Waals surface area contributed by atoms with Crippen LogP contribution in [0.2, 0.25) is 0 Å². The monoisotopic (exact) mass is 174 g/mol. The lowest BCUT2D eigenvalue weighted by atomic mass is 10.2. The predicted octanol–water partition coefficient (Wildman–Crippen LogP) is -9.46. The molecule has 0 radical (unpaired) electrons. The molecule has 1 rings (SSSR count). The fourth-order valence-corrected chi connectivity index (χ4v) is 0.831. The van der Waals surface area contributed by atoms with E-state index in [0.717, 1.165) is 13.1 Å². The minimum absolute atomic E-state index is 0. The summed E-state index contributed by atoms with van der Waals surface area (Å²) in [5.74, 6) is 0. The first kappa shape index (κ1) is 12.2. The molecule has 6 N–H and O–H groups in total. The molecule has 3 nitrogen and oxygen atoms in total. The third-order valence-electron chi connectivity index (χ3n) is 1.42. The maximum Gasteiger partial charge on any atom is 0.166 e. The molecule has 58 valence electrons. The highest BCUT2D eigenvalue weighted by atomic mass is 35.5. The zero-order valence-electron chi connectivity index (χ0n) is 5.06. The van der Waals surface area contributed by atoms with Crippen LogP contribution >= 0.6 is 0 Å². The van der Waals surface area contributed by atoms with Gasteiger partial charge in [0, 0.05) is 0 Å². The van der Waals surface area contributed by atoms with E-state index in [9.17, 15) is 0 Å². The number of halogens is 2. The average molecular weight is 175 g/mol. The molecule has 0 aromatic rings. The molecular formula is C4H12Cl2N2O. The molecule has 0 aromatic carbocycles. The van der Waals surface area contributed by atoms with Crippen LogP contribution in [0, 0.1) is 0 Å². The van der Waals surface area contributed by atoms with Crippen LogP contribution in [0.1, 0.15) is 0 Å². The fraction of sp³-hybridized carbons (Fsp3) is 1.00. The Morgan fingerprint density at radius 2 is 1.89 bits per heavy atom. The Balaban J connectivity index is 0. The van der Waals surface area contributed by atoms with Crippen LogP contribution in [0.25, 0.3) is 0 Å². The van der Waals surface area contributed by atoms with Gasteiger partial charge in [0.1, 0.15) is 13.1 Å². The van der Waals surface area contributed by atoms with Crippen molar-refractivity contribution in [3.05, 3.63) is 0 Å². The van der Waals surface area contributed by atoms with Crippen LogP contribution in [0.4, 0.5) is 0 Å². The highest BCUT2D eigenvalue weighted by Gasteiger charge is 2.27. The Labute approximate surface area is 66.8 Å². The van der Waals surface area contributed by atoms with Crippen LogP contribution in [-0.2, 0) is 0 Å². The minimum Gasteiger partial charge on any atom is -1.00 e. The number of quaternary nitrogens is 2. The number of rotatable bonds is 0. The molecule has 1 saturated heterocycles. The number of aliphatic hydroxyl groups excluding tert-OH is 1. The van der Waals surface area contributed by atoms with Crippen molar-refractivity contribution < 1.29 is 41.0 Å². The number of aliphatic hydroxyl groups is 1. The van der Waals surface area contributed by atoms with Crippen molar-refractivity contribution in [2.24, 2.45) is 0 Å². The quantitative estimate of drug-likeness (QED) is 0.336. The van der Waals surface area contributed by atoms with Crippen molar-refractivity contribution in [2.75, 3.05) is 13.1 Å². The van der Waals surface area contributed by atoms with Gasteiger partial charge >= 0.3 is 0 Å².